The van der Waals surface area contributed by atoms with Crippen LogP contribution in [0.15, 0.2) is 17.3 Å². The Labute approximate surface area is 95.7 Å². The first-order valence-electron chi connectivity index (χ1n) is 5.59. The minimum Gasteiger partial charge on any atom is -0.284 e. The largest absolute Gasteiger partial charge is 0.284 e. The lowest BCUT2D eigenvalue weighted by atomic mass is 9.88. The Balaban J connectivity index is 2.00. The predicted molar refractivity (Wildman–Crippen MR) is 60.3 cm³/mol. The van der Waals surface area contributed by atoms with Gasteiger partial charge < -0.3 is 0 Å². The van der Waals surface area contributed by atoms with E-state index in [2.05, 4.69) is 21.8 Å². The fourth-order valence-electron chi connectivity index (χ4n) is 2.05. The Morgan fingerprint density at radius 3 is 2.62 bits per heavy atom. The molecule has 0 radical (unpaired) electrons. The van der Waals surface area contributed by atoms with Crippen LogP contribution in [0.3, 0.4) is 0 Å². The van der Waals surface area contributed by atoms with Crippen LogP contribution in [-0.4, -0.2) is 24.7 Å². The third kappa shape index (κ3) is 2.62. The van der Waals surface area contributed by atoms with Crippen molar-refractivity contribution in [3.63, 3.8) is 0 Å². The number of rotatable bonds is 3. The quantitative estimate of drug-likeness (QED) is 0.839. The van der Waals surface area contributed by atoms with Gasteiger partial charge in [-0.2, -0.15) is 5.10 Å². The van der Waals surface area contributed by atoms with Crippen molar-refractivity contribution in [2.45, 2.75) is 43.5 Å². The van der Waals surface area contributed by atoms with E-state index in [1.165, 1.54) is 12.4 Å². The van der Waals surface area contributed by atoms with Gasteiger partial charge >= 0.3 is 0 Å². The lowest BCUT2D eigenvalue weighted by Gasteiger charge is -2.26. The zero-order valence-corrected chi connectivity index (χ0v) is 10.1. The van der Waals surface area contributed by atoms with Gasteiger partial charge in [0.05, 0.1) is 6.20 Å². The highest BCUT2D eigenvalue weighted by atomic mass is 32.2. The van der Waals surface area contributed by atoms with Crippen LogP contribution < -0.4 is 4.72 Å². The van der Waals surface area contributed by atoms with Gasteiger partial charge in [0, 0.05) is 12.2 Å². The average molecular weight is 243 g/mol. The van der Waals surface area contributed by atoms with Crippen LogP contribution in [0, 0.1) is 5.92 Å². The molecule has 90 valence electrons. The Bertz CT molecular complexity index is 419. The summed E-state index contributed by atoms with van der Waals surface area (Å²) in [5.41, 5.74) is 0. The molecule has 0 saturated heterocycles. The monoisotopic (exact) mass is 243 g/mol. The van der Waals surface area contributed by atoms with Crippen molar-refractivity contribution < 1.29 is 8.42 Å². The summed E-state index contributed by atoms with van der Waals surface area (Å²) < 4.78 is 26.5. The van der Waals surface area contributed by atoms with Gasteiger partial charge in [0.1, 0.15) is 4.90 Å². The van der Waals surface area contributed by atoms with Crippen LogP contribution in [0.1, 0.15) is 32.6 Å². The first-order chi connectivity index (χ1) is 7.58. The molecule has 0 unspecified atom stereocenters. The van der Waals surface area contributed by atoms with Crippen molar-refractivity contribution in [2.24, 2.45) is 5.92 Å². The molecular formula is C10H17N3O2S. The number of hydrogen-bond acceptors (Lipinski definition) is 3. The number of nitrogens with zero attached hydrogens (tertiary/aromatic N) is 1. The molecule has 2 N–H and O–H groups in total. The topological polar surface area (TPSA) is 74.8 Å². The molecular weight excluding hydrogens is 226 g/mol. The molecule has 0 aliphatic heterocycles. The van der Waals surface area contributed by atoms with E-state index >= 15 is 0 Å². The Kier molecular flexibility index (Phi) is 3.30. The summed E-state index contributed by atoms with van der Waals surface area (Å²) in [4.78, 5) is 0.214. The Hall–Kier alpha value is -0.880. The smallest absolute Gasteiger partial charge is 0.243 e. The van der Waals surface area contributed by atoms with Crippen LogP contribution in [0.25, 0.3) is 0 Å². The van der Waals surface area contributed by atoms with Crippen molar-refractivity contribution in [3.8, 4) is 0 Å². The summed E-state index contributed by atoms with van der Waals surface area (Å²) in [5, 5.41) is 6.16. The SMILES string of the molecule is CC1CCC(NS(=O)(=O)c2cn[nH]c2)CC1. The molecule has 0 amide bonds. The van der Waals surface area contributed by atoms with Gasteiger partial charge in [0.25, 0.3) is 0 Å². The molecule has 1 aromatic heterocycles. The normalized spacial score (nSPS) is 26.8. The Morgan fingerprint density at radius 1 is 1.38 bits per heavy atom. The number of aromatic amines is 1. The van der Waals surface area contributed by atoms with Crippen molar-refractivity contribution >= 4 is 10.0 Å². The molecule has 0 spiro atoms. The molecule has 0 atom stereocenters. The minimum absolute atomic E-state index is 0.0797. The molecule has 16 heavy (non-hydrogen) atoms. The van der Waals surface area contributed by atoms with Crippen LogP contribution in [-0.2, 0) is 10.0 Å². The standard InChI is InChI=1S/C10H17N3O2S/c1-8-2-4-9(5-3-8)13-16(14,15)10-6-11-12-7-10/h6-9,13H,2-5H2,1H3,(H,11,12). The molecule has 6 heteroatoms. The van der Waals surface area contributed by atoms with Crippen LogP contribution in [0.5, 0.6) is 0 Å². The summed E-state index contributed by atoms with van der Waals surface area (Å²) in [6.45, 7) is 2.21. The van der Waals surface area contributed by atoms with Gasteiger partial charge in [-0.3, -0.25) is 5.10 Å². The average Bonchev–Trinajstić information content (AvgIpc) is 2.75. The van der Waals surface area contributed by atoms with Crippen molar-refractivity contribution in [3.05, 3.63) is 12.4 Å². The zero-order chi connectivity index (χ0) is 11.6. The Morgan fingerprint density at radius 2 is 2.06 bits per heavy atom. The second-order valence-electron chi connectivity index (χ2n) is 4.51. The predicted octanol–water partition coefficient (Wildman–Crippen LogP) is 1.27. The summed E-state index contributed by atoms with van der Waals surface area (Å²) >= 11 is 0. The minimum atomic E-state index is -3.38. The molecule has 1 fully saturated rings. The number of hydrogen-bond donors (Lipinski definition) is 2. The summed E-state index contributed by atoms with van der Waals surface area (Å²) in [5.74, 6) is 0.717. The first-order valence-corrected chi connectivity index (χ1v) is 7.07. The van der Waals surface area contributed by atoms with E-state index in [1.54, 1.807) is 0 Å². The molecule has 0 aromatic carbocycles. The lowest BCUT2D eigenvalue weighted by Crippen LogP contribution is -2.37. The molecule has 1 saturated carbocycles. The fourth-order valence-corrected chi connectivity index (χ4v) is 3.26. The van der Waals surface area contributed by atoms with E-state index in [-0.39, 0.29) is 10.9 Å². The number of aromatic nitrogens is 2. The lowest BCUT2D eigenvalue weighted by molar-refractivity contribution is 0.332. The van der Waals surface area contributed by atoms with Gasteiger partial charge in [0.15, 0.2) is 0 Å². The van der Waals surface area contributed by atoms with Gasteiger partial charge in [-0.05, 0) is 31.6 Å². The maximum Gasteiger partial charge on any atom is 0.243 e. The molecule has 1 heterocycles. The van der Waals surface area contributed by atoms with E-state index in [0.29, 0.717) is 0 Å². The van der Waals surface area contributed by atoms with Crippen molar-refractivity contribution in [2.75, 3.05) is 0 Å². The van der Waals surface area contributed by atoms with Crippen LogP contribution in [0.4, 0.5) is 0 Å². The van der Waals surface area contributed by atoms with Gasteiger partial charge in [-0.1, -0.05) is 6.92 Å². The molecule has 0 bridgehead atoms. The summed E-state index contributed by atoms with van der Waals surface area (Å²) in [7, 11) is -3.38. The van der Waals surface area contributed by atoms with Crippen LogP contribution >= 0.6 is 0 Å². The van der Waals surface area contributed by atoms with E-state index in [4.69, 9.17) is 0 Å². The van der Waals surface area contributed by atoms with E-state index in [1.807, 2.05) is 0 Å². The third-order valence-electron chi connectivity index (χ3n) is 3.12. The summed E-state index contributed by atoms with van der Waals surface area (Å²) in [6, 6.07) is 0.0797. The van der Waals surface area contributed by atoms with E-state index in [0.717, 1.165) is 31.6 Å². The number of H-pyrrole nitrogens is 1. The van der Waals surface area contributed by atoms with E-state index in [9.17, 15) is 8.42 Å². The van der Waals surface area contributed by atoms with Crippen molar-refractivity contribution in [1.82, 2.24) is 14.9 Å². The molecule has 2 rings (SSSR count). The van der Waals surface area contributed by atoms with Gasteiger partial charge in [-0.15, -0.1) is 0 Å². The second-order valence-corrected chi connectivity index (χ2v) is 6.23. The van der Waals surface area contributed by atoms with Crippen molar-refractivity contribution in [1.29, 1.82) is 0 Å². The fraction of sp³-hybridized carbons (Fsp3) is 0.700. The number of sulfonamides is 1. The second kappa shape index (κ2) is 4.55. The highest BCUT2D eigenvalue weighted by molar-refractivity contribution is 7.89. The van der Waals surface area contributed by atoms with Crippen LogP contribution in [0.2, 0.25) is 0 Å². The highest BCUT2D eigenvalue weighted by Crippen LogP contribution is 2.24. The van der Waals surface area contributed by atoms with E-state index < -0.39 is 10.0 Å². The molecule has 1 aliphatic carbocycles. The maximum absolute atomic E-state index is 11.9. The molecule has 1 aromatic rings. The third-order valence-corrected chi connectivity index (χ3v) is 4.61. The summed E-state index contributed by atoms with van der Waals surface area (Å²) in [6.07, 6.45) is 6.77. The van der Waals surface area contributed by atoms with Gasteiger partial charge in [0.2, 0.25) is 10.0 Å². The molecule has 5 nitrogen and oxygen atoms in total. The first kappa shape index (κ1) is 11.6. The maximum atomic E-state index is 11.9. The number of nitrogens with one attached hydrogen (secondary N) is 2. The zero-order valence-electron chi connectivity index (χ0n) is 9.31. The highest BCUT2D eigenvalue weighted by Gasteiger charge is 2.24. The molecule has 1 aliphatic rings. The van der Waals surface area contributed by atoms with Gasteiger partial charge in [-0.25, -0.2) is 13.1 Å².